The molecule has 0 radical (unpaired) electrons. The van der Waals surface area contributed by atoms with Crippen LogP contribution in [0, 0.1) is 0 Å². The van der Waals surface area contributed by atoms with Crippen LogP contribution in [0.25, 0.3) is 0 Å². The molecule has 0 bridgehead atoms. The van der Waals surface area contributed by atoms with Crippen LogP contribution in [0.15, 0.2) is 6.33 Å². The highest BCUT2D eigenvalue weighted by atomic mass is 35.5. The van der Waals surface area contributed by atoms with Crippen LogP contribution >= 0.6 is 23.2 Å². The molecule has 0 aliphatic heterocycles. The molecule has 0 saturated carbocycles. The minimum Gasteiger partial charge on any atom is -0.347 e. The van der Waals surface area contributed by atoms with Gasteiger partial charge in [-0.15, -0.1) is 10.2 Å². The maximum Gasteiger partial charge on any atom is 0.228 e. The molecule has 9 heteroatoms. The number of hydrogen-bond acceptors (Lipinski definition) is 6. The van der Waals surface area contributed by atoms with Crippen molar-refractivity contribution in [2.45, 2.75) is 6.54 Å². The van der Waals surface area contributed by atoms with E-state index in [0.717, 1.165) is 5.82 Å². The Morgan fingerprint density at radius 3 is 2.50 bits per heavy atom. The van der Waals surface area contributed by atoms with E-state index >= 15 is 0 Å². The van der Waals surface area contributed by atoms with Crippen LogP contribution < -0.4 is 5.32 Å². The van der Waals surface area contributed by atoms with Crippen molar-refractivity contribution in [3.63, 3.8) is 0 Å². The minimum absolute atomic E-state index is 0.0421. The Balaban J connectivity index is 2.07. The van der Waals surface area contributed by atoms with Crippen LogP contribution in [0.2, 0.25) is 10.6 Å². The van der Waals surface area contributed by atoms with Crippen LogP contribution in [0.4, 0.5) is 5.95 Å². The average Bonchev–Trinajstić information content (AvgIpc) is 2.59. The van der Waals surface area contributed by atoms with Crippen LogP contribution in [0.1, 0.15) is 5.82 Å². The van der Waals surface area contributed by atoms with E-state index in [4.69, 9.17) is 23.2 Å². The smallest absolute Gasteiger partial charge is 0.228 e. The van der Waals surface area contributed by atoms with E-state index < -0.39 is 0 Å². The standard InChI is InChI=1S/C7H7Cl2N7/c1-16-3-11-15-4(16)2-10-7-13-5(8)12-6(9)14-7/h3H,2H2,1H3,(H,10,12,13,14). The van der Waals surface area contributed by atoms with Crippen molar-refractivity contribution in [2.24, 2.45) is 7.05 Å². The van der Waals surface area contributed by atoms with Gasteiger partial charge in [0.05, 0.1) is 6.54 Å². The Bertz CT molecular complexity index is 477. The molecule has 0 amide bonds. The number of nitrogens with zero attached hydrogens (tertiary/aromatic N) is 6. The zero-order chi connectivity index (χ0) is 11.5. The fourth-order valence-corrected chi connectivity index (χ4v) is 1.39. The lowest BCUT2D eigenvalue weighted by molar-refractivity contribution is 0.806. The van der Waals surface area contributed by atoms with Gasteiger partial charge < -0.3 is 9.88 Å². The summed E-state index contributed by atoms with van der Waals surface area (Å²) in [6.07, 6.45) is 1.60. The molecule has 1 N–H and O–H groups in total. The molecule has 7 nitrogen and oxygen atoms in total. The maximum atomic E-state index is 5.62. The number of halogens is 2. The van der Waals surface area contributed by atoms with Gasteiger partial charge in [0.15, 0.2) is 5.82 Å². The highest BCUT2D eigenvalue weighted by Gasteiger charge is 2.04. The van der Waals surface area contributed by atoms with Crippen molar-refractivity contribution in [3.05, 3.63) is 22.7 Å². The largest absolute Gasteiger partial charge is 0.347 e. The van der Waals surface area contributed by atoms with E-state index in [2.05, 4.69) is 30.5 Å². The Morgan fingerprint density at radius 2 is 1.94 bits per heavy atom. The number of hydrogen-bond donors (Lipinski definition) is 1. The topological polar surface area (TPSA) is 81.4 Å². The summed E-state index contributed by atoms with van der Waals surface area (Å²) in [4.78, 5) is 11.3. The molecule has 0 saturated heterocycles. The average molecular weight is 260 g/mol. The van der Waals surface area contributed by atoms with Crippen LogP contribution in [0.5, 0.6) is 0 Å². The Labute approximate surface area is 101 Å². The summed E-state index contributed by atoms with van der Waals surface area (Å²) >= 11 is 11.2. The molecule has 84 valence electrons. The third-order valence-electron chi connectivity index (χ3n) is 1.79. The van der Waals surface area contributed by atoms with Gasteiger partial charge in [-0.1, -0.05) is 0 Å². The molecule has 2 aromatic heterocycles. The van der Waals surface area contributed by atoms with Gasteiger partial charge in [0, 0.05) is 7.05 Å². The van der Waals surface area contributed by atoms with Gasteiger partial charge in [-0.25, -0.2) is 0 Å². The number of anilines is 1. The van der Waals surface area contributed by atoms with Crippen molar-refractivity contribution in [1.29, 1.82) is 0 Å². The highest BCUT2D eigenvalue weighted by molar-refractivity contribution is 6.31. The zero-order valence-corrected chi connectivity index (χ0v) is 9.74. The first-order valence-electron chi connectivity index (χ1n) is 4.29. The monoisotopic (exact) mass is 259 g/mol. The first kappa shape index (κ1) is 11.0. The SMILES string of the molecule is Cn1cnnc1CNc1nc(Cl)nc(Cl)n1. The van der Waals surface area contributed by atoms with Gasteiger partial charge in [-0.2, -0.15) is 15.0 Å². The lowest BCUT2D eigenvalue weighted by Crippen LogP contribution is -2.08. The summed E-state index contributed by atoms with van der Waals surface area (Å²) in [5, 5.41) is 10.6. The summed E-state index contributed by atoms with van der Waals surface area (Å²) in [5.41, 5.74) is 0. The second-order valence-electron chi connectivity index (χ2n) is 2.91. The van der Waals surface area contributed by atoms with E-state index in [-0.39, 0.29) is 10.6 Å². The first-order valence-corrected chi connectivity index (χ1v) is 5.04. The molecule has 0 atom stereocenters. The predicted molar refractivity (Wildman–Crippen MR) is 58.2 cm³/mol. The Hall–Kier alpha value is -1.47. The molecule has 0 aromatic carbocycles. The highest BCUT2D eigenvalue weighted by Crippen LogP contribution is 2.09. The molecule has 2 heterocycles. The van der Waals surface area contributed by atoms with Crippen molar-refractivity contribution >= 4 is 29.2 Å². The summed E-state index contributed by atoms with van der Waals surface area (Å²) in [6, 6.07) is 0. The second kappa shape index (κ2) is 4.58. The van der Waals surface area contributed by atoms with Gasteiger partial charge in [-0.3, -0.25) is 0 Å². The molecule has 0 aliphatic rings. The normalized spacial score (nSPS) is 10.4. The van der Waals surface area contributed by atoms with E-state index in [9.17, 15) is 0 Å². The summed E-state index contributed by atoms with van der Waals surface area (Å²) < 4.78 is 1.78. The van der Waals surface area contributed by atoms with Crippen LogP contribution in [0.3, 0.4) is 0 Å². The lowest BCUT2D eigenvalue weighted by atomic mass is 10.6. The van der Waals surface area contributed by atoms with E-state index in [0.29, 0.717) is 12.5 Å². The number of nitrogens with one attached hydrogen (secondary N) is 1. The van der Waals surface area contributed by atoms with Gasteiger partial charge in [0.2, 0.25) is 16.5 Å². The maximum absolute atomic E-state index is 5.62. The molecule has 2 rings (SSSR count). The Kier molecular flexibility index (Phi) is 3.16. The third-order valence-corrected chi connectivity index (χ3v) is 2.13. The minimum atomic E-state index is 0.0421. The van der Waals surface area contributed by atoms with Crippen molar-refractivity contribution in [1.82, 2.24) is 29.7 Å². The van der Waals surface area contributed by atoms with E-state index in [1.165, 1.54) is 0 Å². The van der Waals surface area contributed by atoms with Crippen LogP contribution in [-0.4, -0.2) is 29.7 Å². The predicted octanol–water partition coefficient (Wildman–Crippen LogP) is 0.919. The molecule has 0 fully saturated rings. The van der Waals surface area contributed by atoms with Gasteiger partial charge in [-0.05, 0) is 23.2 Å². The molecule has 16 heavy (non-hydrogen) atoms. The van der Waals surface area contributed by atoms with E-state index in [1.54, 1.807) is 10.9 Å². The van der Waals surface area contributed by atoms with E-state index in [1.807, 2.05) is 7.05 Å². The number of rotatable bonds is 3. The molecule has 0 unspecified atom stereocenters. The molecule has 0 spiro atoms. The zero-order valence-electron chi connectivity index (χ0n) is 8.22. The summed E-state index contributed by atoms with van der Waals surface area (Å²) in [5.74, 6) is 1.04. The first-order chi connectivity index (χ1) is 7.65. The molecular formula is C7H7Cl2N7. The fraction of sp³-hybridized carbons (Fsp3) is 0.286. The van der Waals surface area contributed by atoms with Crippen molar-refractivity contribution in [3.8, 4) is 0 Å². The van der Waals surface area contributed by atoms with Gasteiger partial charge in [0.1, 0.15) is 6.33 Å². The molecular weight excluding hydrogens is 253 g/mol. The number of aromatic nitrogens is 6. The summed E-state index contributed by atoms with van der Waals surface area (Å²) in [7, 11) is 1.84. The van der Waals surface area contributed by atoms with Gasteiger partial charge in [0.25, 0.3) is 0 Å². The van der Waals surface area contributed by atoms with Gasteiger partial charge >= 0.3 is 0 Å². The third kappa shape index (κ3) is 2.56. The van der Waals surface area contributed by atoms with Crippen LogP contribution in [-0.2, 0) is 13.6 Å². The van der Waals surface area contributed by atoms with Crippen molar-refractivity contribution in [2.75, 3.05) is 5.32 Å². The second-order valence-corrected chi connectivity index (χ2v) is 3.58. The Morgan fingerprint density at radius 1 is 1.25 bits per heavy atom. The molecule has 0 aliphatic carbocycles. The summed E-state index contributed by atoms with van der Waals surface area (Å²) in [6.45, 7) is 0.424. The number of aryl methyl sites for hydroxylation is 1. The van der Waals surface area contributed by atoms with Crippen molar-refractivity contribution < 1.29 is 0 Å². The fourth-order valence-electron chi connectivity index (χ4n) is 1.03. The molecule has 2 aromatic rings. The lowest BCUT2D eigenvalue weighted by Gasteiger charge is -2.03. The quantitative estimate of drug-likeness (QED) is 0.883.